The van der Waals surface area contributed by atoms with E-state index >= 15 is 0 Å². The maximum atomic E-state index is 13.0. The Labute approximate surface area is 269 Å². The third-order valence-corrected chi connectivity index (χ3v) is 14.9. The first-order valence-electron chi connectivity index (χ1n) is 17.4. The average molecular weight is 619 g/mol. The van der Waals surface area contributed by atoms with E-state index in [-0.39, 0.29) is 63.8 Å². The smallest absolute Gasteiger partial charge is 0.331 e. The van der Waals surface area contributed by atoms with Gasteiger partial charge in [0.25, 0.3) is 0 Å². The van der Waals surface area contributed by atoms with E-state index in [1.54, 1.807) is 30.3 Å². The number of allylic oxidation sites excluding steroid dienone is 2. The van der Waals surface area contributed by atoms with Crippen LogP contribution in [0.2, 0.25) is 0 Å². The van der Waals surface area contributed by atoms with Crippen LogP contribution in [-0.4, -0.2) is 40.0 Å². The maximum absolute atomic E-state index is 13.0. The molecular weight excluding hydrogens is 564 g/mol. The number of rotatable bonds is 5. The van der Waals surface area contributed by atoms with Crippen molar-refractivity contribution in [2.45, 2.75) is 105 Å². The van der Waals surface area contributed by atoms with E-state index in [2.05, 4.69) is 47.6 Å². The van der Waals surface area contributed by atoms with Gasteiger partial charge < -0.3 is 20.1 Å². The van der Waals surface area contributed by atoms with Gasteiger partial charge in [-0.3, -0.25) is 4.79 Å². The molecule has 0 aliphatic heterocycles. The van der Waals surface area contributed by atoms with Gasteiger partial charge in [0.15, 0.2) is 0 Å². The Morgan fingerprint density at radius 2 is 1.64 bits per heavy atom. The number of aromatic hydroxyl groups is 1. The fourth-order valence-electron chi connectivity index (χ4n) is 12.1. The molecule has 5 aliphatic carbocycles. The Hall–Kier alpha value is -2.60. The van der Waals surface area contributed by atoms with E-state index in [0.29, 0.717) is 24.7 Å². The zero-order chi connectivity index (χ0) is 32.6. The van der Waals surface area contributed by atoms with Gasteiger partial charge in [-0.25, -0.2) is 4.79 Å². The number of phenolic OH excluding ortho intramolecular Hbond substituents is 1. The van der Waals surface area contributed by atoms with Crippen molar-refractivity contribution in [2.75, 3.05) is 6.61 Å². The van der Waals surface area contributed by atoms with Crippen LogP contribution < -0.4 is 0 Å². The molecule has 6 nitrogen and oxygen atoms in total. The molecule has 1 aromatic rings. The fraction of sp³-hybridized carbons (Fsp3) is 0.692. The van der Waals surface area contributed by atoms with Crippen molar-refractivity contribution in [2.24, 2.45) is 56.7 Å². The van der Waals surface area contributed by atoms with Gasteiger partial charge >= 0.3 is 11.9 Å². The number of carboxylic acids is 1. The van der Waals surface area contributed by atoms with E-state index in [1.165, 1.54) is 11.6 Å². The molecule has 0 radical (unpaired) electrons. The monoisotopic (exact) mass is 618 g/mol. The number of hydrogen-bond acceptors (Lipinski definition) is 5. The van der Waals surface area contributed by atoms with Crippen LogP contribution in [0, 0.1) is 56.7 Å². The van der Waals surface area contributed by atoms with Gasteiger partial charge in [-0.2, -0.15) is 0 Å². The molecule has 246 valence electrons. The summed E-state index contributed by atoms with van der Waals surface area (Å²) in [5, 5.41) is 30.5. The summed E-state index contributed by atoms with van der Waals surface area (Å²) in [6.07, 6.45) is 13.6. The van der Waals surface area contributed by atoms with Crippen LogP contribution in [0.15, 0.2) is 42.0 Å². The van der Waals surface area contributed by atoms with Crippen LogP contribution >= 0.6 is 0 Å². The van der Waals surface area contributed by atoms with Crippen molar-refractivity contribution >= 4 is 18.0 Å². The number of aliphatic hydroxyl groups excluding tert-OH is 1. The Kier molecular flexibility index (Phi) is 7.90. The molecule has 10 atom stereocenters. The molecule has 0 spiro atoms. The van der Waals surface area contributed by atoms with Crippen molar-refractivity contribution in [1.82, 2.24) is 0 Å². The number of carboxylic acid groups (broad SMARTS) is 1. The van der Waals surface area contributed by atoms with Crippen LogP contribution in [0.5, 0.6) is 5.75 Å². The summed E-state index contributed by atoms with van der Waals surface area (Å²) in [7, 11) is 0. The molecule has 1 aromatic carbocycles. The van der Waals surface area contributed by atoms with Crippen LogP contribution in [0.3, 0.4) is 0 Å². The van der Waals surface area contributed by atoms with Crippen LogP contribution in [0.1, 0.15) is 105 Å². The summed E-state index contributed by atoms with van der Waals surface area (Å²) in [6.45, 7) is 14.4. The van der Waals surface area contributed by atoms with E-state index in [4.69, 9.17) is 4.74 Å². The maximum Gasteiger partial charge on any atom is 0.331 e. The highest BCUT2D eigenvalue weighted by Crippen LogP contribution is 2.75. The molecule has 0 heterocycles. The van der Waals surface area contributed by atoms with Crippen molar-refractivity contribution in [3.63, 3.8) is 0 Å². The minimum Gasteiger partial charge on any atom is -0.508 e. The second-order valence-corrected chi connectivity index (χ2v) is 16.8. The van der Waals surface area contributed by atoms with Crippen LogP contribution in [0.25, 0.3) is 6.08 Å². The first-order chi connectivity index (χ1) is 21.1. The number of hydrogen-bond donors (Lipinski definition) is 3. The van der Waals surface area contributed by atoms with Gasteiger partial charge in [0, 0.05) is 18.1 Å². The minimum absolute atomic E-state index is 0.0239. The SMILES string of the molecule is C[C@H]1[C@H](CO)CC[C@]2(C(=O)O)CC[C@]3(C)C(=CC[C@@H]4[C@@]5(C)CC[C@@H](OC(=O)C=Cc6ccc(O)cc6)C(C)(C)[C@@H]5CC[C@@]43C)[C@H]12. The largest absolute Gasteiger partial charge is 0.508 e. The average Bonchev–Trinajstić information content (AvgIpc) is 2.98. The number of aliphatic carboxylic acids is 1. The molecule has 0 saturated heterocycles. The second-order valence-electron chi connectivity index (χ2n) is 16.8. The van der Waals surface area contributed by atoms with E-state index in [9.17, 15) is 24.9 Å². The first-order valence-corrected chi connectivity index (χ1v) is 17.4. The normalized spacial score (nSPS) is 43.7. The van der Waals surface area contributed by atoms with Crippen LogP contribution in [-0.2, 0) is 14.3 Å². The number of esters is 1. The highest BCUT2D eigenvalue weighted by molar-refractivity contribution is 5.87. The Balaban J connectivity index is 1.27. The molecule has 0 amide bonds. The molecule has 0 unspecified atom stereocenters. The van der Waals surface area contributed by atoms with E-state index in [1.807, 2.05) is 0 Å². The van der Waals surface area contributed by atoms with Gasteiger partial charge in [-0.1, -0.05) is 65.3 Å². The van der Waals surface area contributed by atoms with Crippen molar-refractivity contribution in [3.05, 3.63) is 47.6 Å². The molecular formula is C39H54O6. The topological polar surface area (TPSA) is 104 Å². The van der Waals surface area contributed by atoms with Crippen molar-refractivity contribution in [3.8, 4) is 5.75 Å². The third kappa shape index (κ3) is 4.66. The summed E-state index contributed by atoms with van der Waals surface area (Å²) in [5.41, 5.74) is 1.36. The summed E-state index contributed by atoms with van der Waals surface area (Å²) in [4.78, 5) is 26.0. The van der Waals surface area contributed by atoms with E-state index < -0.39 is 11.4 Å². The molecule has 6 heteroatoms. The number of carbonyl (C=O) groups is 2. The van der Waals surface area contributed by atoms with E-state index in [0.717, 1.165) is 50.5 Å². The number of benzene rings is 1. The lowest BCUT2D eigenvalue weighted by atomic mass is 9.33. The summed E-state index contributed by atoms with van der Waals surface area (Å²) in [6, 6.07) is 6.75. The standard InChI is InChI=1S/C39H54O6/c1-24-26(23-40)15-20-39(34(43)44)22-21-37(5)28(33(24)39)12-13-30-36(4)18-17-31(35(2,3)29(36)16-19-38(30,37)6)45-32(42)14-9-25-7-10-27(41)11-8-25/h7-12,14,24,26,29-31,33,40-41H,13,15-23H2,1-6H3,(H,43,44)/t24-,26-,29-,30+,31+,33-,36-,37+,38-,39-/m0/s1. The van der Waals surface area contributed by atoms with Gasteiger partial charge in [-0.05, 0) is 127 Å². The fourth-order valence-corrected chi connectivity index (χ4v) is 12.1. The predicted molar refractivity (Wildman–Crippen MR) is 175 cm³/mol. The highest BCUT2D eigenvalue weighted by atomic mass is 16.5. The Morgan fingerprint density at radius 1 is 0.933 bits per heavy atom. The number of carbonyl (C=O) groups excluding carboxylic acids is 1. The lowest BCUT2D eigenvalue weighted by Gasteiger charge is -2.71. The van der Waals surface area contributed by atoms with Crippen molar-refractivity contribution < 1.29 is 29.6 Å². The second kappa shape index (κ2) is 11.0. The number of ether oxygens (including phenoxy) is 1. The van der Waals surface area contributed by atoms with Gasteiger partial charge in [-0.15, -0.1) is 0 Å². The zero-order valence-electron chi connectivity index (χ0n) is 28.1. The van der Waals surface area contributed by atoms with Gasteiger partial charge in [0.05, 0.1) is 5.41 Å². The highest BCUT2D eigenvalue weighted by Gasteiger charge is 2.69. The summed E-state index contributed by atoms with van der Waals surface area (Å²) < 4.78 is 6.18. The summed E-state index contributed by atoms with van der Waals surface area (Å²) in [5.74, 6) is 0.369. The summed E-state index contributed by atoms with van der Waals surface area (Å²) >= 11 is 0. The lowest BCUT2D eigenvalue weighted by molar-refractivity contribution is -0.213. The van der Waals surface area contributed by atoms with Crippen molar-refractivity contribution in [1.29, 1.82) is 0 Å². The molecule has 0 aromatic heterocycles. The van der Waals surface area contributed by atoms with Gasteiger partial charge in [0.2, 0.25) is 0 Å². The van der Waals surface area contributed by atoms with Gasteiger partial charge in [0.1, 0.15) is 11.9 Å². The number of fused-ring (bicyclic) bond motifs is 7. The predicted octanol–water partition coefficient (Wildman–Crippen LogP) is 8.03. The minimum atomic E-state index is -0.721. The molecule has 3 N–H and O–H groups in total. The quantitative estimate of drug-likeness (QED) is 0.175. The first kappa shape index (κ1) is 32.3. The Morgan fingerprint density at radius 3 is 2.31 bits per heavy atom. The molecule has 4 fully saturated rings. The number of aliphatic hydroxyl groups is 1. The molecule has 0 bridgehead atoms. The zero-order valence-corrected chi connectivity index (χ0v) is 28.1. The molecule has 4 saturated carbocycles. The number of phenols is 1. The lowest BCUT2D eigenvalue weighted by Crippen LogP contribution is -2.65. The van der Waals surface area contributed by atoms with Crippen LogP contribution in [0.4, 0.5) is 0 Å². The third-order valence-electron chi connectivity index (χ3n) is 14.9. The Bertz CT molecular complexity index is 1390. The molecule has 45 heavy (non-hydrogen) atoms. The molecule has 6 rings (SSSR count). The molecule has 5 aliphatic rings.